The van der Waals surface area contributed by atoms with Crippen molar-refractivity contribution in [1.82, 2.24) is 30.5 Å². The van der Waals surface area contributed by atoms with Crippen molar-refractivity contribution in [3.8, 4) is 28.6 Å². The van der Waals surface area contributed by atoms with Gasteiger partial charge in [-0.15, -0.1) is 0 Å². The van der Waals surface area contributed by atoms with Gasteiger partial charge >= 0.3 is 6.03 Å². The number of fused-ring (bicyclic) bond motifs is 1. The molecule has 0 saturated heterocycles. The molecule has 10 heteroatoms. The number of amides is 2. The van der Waals surface area contributed by atoms with E-state index in [-0.39, 0.29) is 18.1 Å². The number of halogens is 1. The van der Waals surface area contributed by atoms with Crippen molar-refractivity contribution < 1.29 is 4.79 Å². The third-order valence-electron chi connectivity index (χ3n) is 5.23. The maximum atomic E-state index is 12.6. The molecule has 0 spiro atoms. The molecule has 0 aliphatic carbocycles. The second kappa shape index (κ2) is 9.59. The zero-order chi connectivity index (χ0) is 24.2. The normalized spacial score (nSPS) is 10.6. The second-order valence-electron chi connectivity index (χ2n) is 7.56. The summed E-state index contributed by atoms with van der Waals surface area (Å²) in [6.45, 7) is 0.266. The Balaban J connectivity index is 1.55. The van der Waals surface area contributed by atoms with E-state index in [1.807, 2.05) is 48.5 Å². The number of urea groups is 1. The summed E-state index contributed by atoms with van der Waals surface area (Å²) in [6, 6.07) is 18.2. The second-order valence-corrected chi connectivity index (χ2v) is 7.96. The SMILES string of the molecule is N#Cc1nc(-c2cc(Cl)c3[nH]ncc3c2)c(-c2ccccc2)nc1NC(=O)NCc1cccnc1. The van der Waals surface area contributed by atoms with Crippen molar-refractivity contribution in [2.45, 2.75) is 6.54 Å². The molecular formula is C25H17ClN8O. The van der Waals surface area contributed by atoms with Gasteiger partial charge in [0.25, 0.3) is 0 Å². The number of benzene rings is 2. The first-order valence-electron chi connectivity index (χ1n) is 10.6. The Morgan fingerprint density at radius 1 is 1.03 bits per heavy atom. The van der Waals surface area contributed by atoms with Gasteiger partial charge in [-0.1, -0.05) is 48.0 Å². The van der Waals surface area contributed by atoms with Gasteiger partial charge in [-0.05, 0) is 23.8 Å². The molecule has 9 nitrogen and oxygen atoms in total. The fourth-order valence-corrected chi connectivity index (χ4v) is 3.86. The van der Waals surface area contributed by atoms with Crippen LogP contribution >= 0.6 is 11.6 Å². The van der Waals surface area contributed by atoms with Crippen molar-refractivity contribution in [2.75, 3.05) is 5.32 Å². The molecule has 0 aliphatic heterocycles. The van der Waals surface area contributed by atoms with Crippen LogP contribution in [0.4, 0.5) is 10.6 Å². The first kappa shape index (κ1) is 22.0. The van der Waals surface area contributed by atoms with Crippen molar-refractivity contribution in [2.24, 2.45) is 0 Å². The predicted molar refractivity (Wildman–Crippen MR) is 132 cm³/mol. The van der Waals surface area contributed by atoms with Gasteiger partial charge in [0.05, 0.1) is 28.1 Å². The van der Waals surface area contributed by atoms with Crippen LogP contribution in [-0.2, 0) is 6.54 Å². The lowest BCUT2D eigenvalue weighted by atomic mass is 10.0. The van der Waals surface area contributed by atoms with Gasteiger partial charge in [-0.25, -0.2) is 14.8 Å². The summed E-state index contributed by atoms with van der Waals surface area (Å²) < 4.78 is 0. The van der Waals surface area contributed by atoms with Crippen LogP contribution in [0.15, 0.2) is 73.2 Å². The first-order chi connectivity index (χ1) is 17.1. The molecule has 0 atom stereocenters. The van der Waals surface area contributed by atoms with Gasteiger partial charge in [0.1, 0.15) is 6.07 Å². The van der Waals surface area contributed by atoms with Crippen LogP contribution in [0.2, 0.25) is 5.02 Å². The molecule has 3 heterocycles. The lowest BCUT2D eigenvalue weighted by molar-refractivity contribution is 0.251. The number of rotatable bonds is 5. The molecule has 5 aromatic rings. The number of pyridine rings is 1. The van der Waals surface area contributed by atoms with E-state index in [2.05, 4.69) is 35.8 Å². The highest BCUT2D eigenvalue weighted by atomic mass is 35.5. The minimum atomic E-state index is -0.519. The van der Waals surface area contributed by atoms with E-state index in [9.17, 15) is 10.1 Å². The molecule has 170 valence electrons. The smallest absolute Gasteiger partial charge is 0.320 e. The Labute approximate surface area is 204 Å². The fourth-order valence-electron chi connectivity index (χ4n) is 3.59. The summed E-state index contributed by atoms with van der Waals surface area (Å²) >= 11 is 6.46. The third-order valence-corrected chi connectivity index (χ3v) is 5.53. The van der Waals surface area contributed by atoms with Gasteiger partial charge in [0.2, 0.25) is 0 Å². The molecule has 5 rings (SSSR count). The van der Waals surface area contributed by atoms with E-state index in [1.54, 1.807) is 30.7 Å². The van der Waals surface area contributed by atoms with Gasteiger partial charge < -0.3 is 5.32 Å². The minimum absolute atomic E-state index is 0.0281. The van der Waals surface area contributed by atoms with E-state index in [0.717, 1.165) is 16.5 Å². The first-order valence-corrected chi connectivity index (χ1v) is 10.9. The summed E-state index contributed by atoms with van der Waals surface area (Å²) in [6.07, 6.45) is 4.97. The lowest BCUT2D eigenvalue weighted by Gasteiger charge is -2.14. The van der Waals surface area contributed by atoms with Gasteiger partial charge in [0, 0.05) is 35.5 Å². The minimum Gasteiger partial charge on any atom is -0.334 e. The van der Waals surface area contributed by atoms with Gasteiger partial charge in [-0.2, -0.15) is 10.4 Å². The van der Waals surface area contributed by atoms with Gasteiger partial charge in [-0.3, -0.25) is 15.4 Å². The fraction of sp³-hybridized carbons (Fsp3) is 0.0400. The zero-order valence-corrected chi connectivity index (χ0v) is 18.9. The van der Waals surface area contributed by atoms with Crippen LogP contribution in [0, 0.1) is 11.3 Å². The van der Waals surface area contributed by atoms with E-state index in [4.69, 9.17) is 11.6 Å². The highest BCUT2D eigenvalue weighted by Crippen LogP contribution is 2.35. The number of anilines is 1. The molecule has 0 fully saturated rings. The van der Waals surface area contributed by atoms with E-state index < -0.39 is 6.03 Å². The molecule has 0 unspecified atom stereocenters. The quantitative estimate of drug-likeness (QED) is 0.326. The standard InChI is InChI=1S/C25H17ClN8O/c26-19-10-17(9-18-14-30-34-21(18)19)23-22(16-6-2-1-3-7-16)32-24(20(11-27)31-23)33-25(35)29-13-15-5-4-8-28-12-15/h1-10,12,14H,13H2,(H,30,34)(H2,29,32,33,35). The summed E-state index contributed by atoms with van der Waals surface area (Å²) in [5.41, 5.74) is 3.89. The van der Waals surface area contributed by atoms with Crippen LogP contribution in [0.5, 0.6) is 0 Å². The number of carbonyl (C=O) groups is 1. The maximum absolute atomic E-state index is 12.6. The highest BCUT2D eigenvalue weighted by molar-refractivity contribution is 6.35. The van der Waals surface area contributed by atoms with E-state index in [0.29, 0.717) is 27.5 Å². The Morgan fingerprint density at radius 2 is 1.86 bits per heavy atom. The molecular weight excluding hydrogens is 464 g/mol. The number of nitrogens with one attached hydrogen (secondary N) is 3. The number of nitriles is 1. The number of hydrogen-bond acceptors (Lipinski definition) is 6. The van der Waals surface area contributed by atoms with Crippen LogP contribution < -0.4 is 10.6 Å². The summed E-state index contributed by atoms with van der Waals surface area (Å²) in [4.78, 5) is 25.8. The Morgan fingerprint density at radius 3 is 2.63 bits per heavy atom. The Hall–Kier alpha value is -4.81. The number of hydrogen-bond donors (Lipinski definition) is 3. The topological polar surface area (TPSA) is 132 Å². The predicted octanol–water partition coefficient (Wildman–Crippen LogP) is 4.93. The average molecular weight is 481 g/mol. The third kappa shape index (κ3) is 4.64. The molecule has 0 aliphatic rings. The van der Waals surface area contributed by atoms with Gasteiger partial charge in [0.15, 0.2) is 11.5 Å². The van der Waals surface area contributed by atoms with E-state index in [1.165, 1.54) is 0 Å². The van der Waals surface area contributed by atoms with Crippen molar-refractivity contribution in [3.63, 3.8) is 0 Å². The summed E-state index contributed by atoms with van der Waals surface area (Å²) in [7, 11) is 0. The van der Waals surface area contributed by atoms with Crippen LogP contribution in [-0.4, -0.2) is 31.2 Å². The Bertz CT molecular complexity index is 1560. The highest BCUT2D eigenvalue weighted by Gasteiger charge is 2.19. The molecule has 2 amide bonds. The molecule has 3 N–H and O–H groups in total. The molecule has 0 bridgehead atoms. The molecule has 0 radical (unpaired) electrons. The number of H-pyrrole nitrogens is 1. The van der Waals surface area contributed by atoms with Crippen molar-refractivity contribution >= 4 is 34.4 Å². The van der Waals surface area contributed by atoms with Crippen molar-refractivity contribution in [1.29, 1.82) is 5.26 Å². The summed E-state index contributed by atoms with van der Waals surface area (Å²) in [5.74, 6) is 0.0503. The maximum Gasteiger partial charge on any atom is 0.320 e. The number of aromatic nitrogens is 5. The monoisotopic (exact) mass is 480 g/mol. The molecule has 2 aromatic carbocycles. The van der Waals surface area contributed by atoms with Crippen LogP contribution in [0.3, 0.4) is 0 Å². The Kier molecular flexibility index (Phi) is 6.03. The number of nitrogens with zero attached hydrogens (tertiary/aromatic N) is 5. The largest absolute Gasteiger partial charge is 0.334 e. The average Bonchev–Trinajstić information content (AvgIpc) is 3.38. The number of aromatic amines is 1. The molecule has 3 aromatic heterocycles. The summed E-state index contributed by atoms with van der Waals surface area (Å²) in [5, 5.41) is 23.3. The van der Waals surface area contributed by atoms with E-state index >= 15 is 0 Å². The number of carbonyl (C=O) groups excluding carboxylic acids is 1. The molecule has 0 saturated carbocycles. The van der Waals surface area contributed by atoms with Crippen LogP contribution in [0.1, 0.15) is 11.3 Å². The zero-order valence-electron chi connectivity index (χ0n) is 18.2. The molecule has 35 heavy (non-hydrogen) atoms. The van der Waals surface area contributed by atoms with Crippen molar-refractivity contribution in [3.05, 3.63) is 89.5 Å². The van der Waals surface area contributed by atoms with Crippen LogP contribution in [0.25, 0.3) is 33.4 Å². The lowest BCUT2D eigenvalue weighted by Crippen LogP contribution is -2.29.